The molecule has 10 heteroatoms. The van der Waals surface area contributed by atoms with Gasteiger partial charge in [0.05, 0.1) is 11.9 Å². The van der Waals surface area contributed by atoms with Crippen molar-refractivity contribution >= 4 is 42.1 Å². The van der Waals surface area contributed by atoms with E-state index < -0.39 is 28.8 Å². The molecule has 0 aliphatic carbocycles. The van der Waals surface area contributed by atoms with E-state index in [-0.39, 0.29) is 29.2 Å². The molecule has 3 amide bonds. The van der Waals surface area contributed by atoms with Crippen LogP contribution in [0.25, 0.3) is 0 Å². The van der Waals surface area contributed by atoms with Gasteiger partial charge in [0.2, 0.25) is 17.7 Å². The van der Waals surface area contributed by atoms with Gasteiger partial charge in [-0.1, -0.05) is 34.6 Å². The second-order valence-electron chi connectivity index (χ2n) is 10.3. The summed E-state index contributed by atoms with van der Waals surface area (Å²) in [5.74, 6) is -0.00289. The van der Waals surface area contributed by atoms with Crippen LogP contribution in [-0.2, 0) is 14.4 Å². The van der Waals surface area contributed by atoms with Crippen LogP contribution in [0.3, 0.4) is 0 Å². The van der Waals surface area contributed by atoms with Crippen LogP contribution in [0.15, 0.2) is 0 Å². The molecular weight excluding hydrogens is 434 g/mol. The summed E-state index contributed by atoms with van der Waals surface area (Å²) in [6, 6.07) is -2.19. The molecule has 0 bridgehead atoms. The molecule has 0 aromatic heterocycles. The molecule has 8 nitrogen and oxygen atoms in total. The van der Waals surface area contributed by atoms with Gasteiger partial charge >= 0.3 is 0 Å². The van der Waals surface area contributed by atoms with Crippen LogP contribution in [0.5, 0.6) is 0 Å². The number of carbonyl (C=O) groups is 3. The summed E-state index contributed by atoms with van der Waals surface area (Å²) in [5, 5.41) is 6.07. The van der Waals surface area contributed by atoms with Crippen molar-refractivity contribution in [2.75, 3.05) is 18.2 Å². The molecule has 1 rings (SSSR count). The highest BCUT2D eigenvalue weighted by Crippen LogP contribution is 2.40. The fourth-order valence-corrected chi connectivity index (χ4v) is 4.91. The van der Waals surface area contributed by atoms with Gasteiger partial charge in [-0.2, -0.15) is 12.6 Å². The maximum atomic E-state index is 13.6. The van der Waals surface area contributed by atoms with E-state index in [1.165, 1.54) is 0 Å². The number of nitrogens with zero attached hydrogens (tertiary/aromatic N) is 1. The SMILES string of the molecule is CC(C)C[C@H](NC(=O)[C@H]1N(C(=O)[C@@H](NC[C@@H](N)CS)C(C)(C)C)CSC1(C)C)C(N)=O. The molecular formula is C21H41N5O3S2. The minimum Gasteiger partial charge on any atom is -0.368 e. The summed E-state index contributed by atoms with van der Waals surface area (Å²) in [5.41, 5.74) is 11.1. The predicted molar refractivity (Wildman–Crippen MR) is 131 cm³/mol. The number of nitrogens with two attached hydrogens (primary N) is 2. The number of rotatable bonds is 10. The number of hydrogen-bond acceptors (Lipinski definition) is 7. The second-order valence-corrected chi connectivity index (χ2v) is 12.3. The molecule has 0 radical (unpaired) electrons. The highest BCUT2D eigenvalue weighted by atomic mass is 32.2. The van der Waals surface area contributed by atoms with Crippen molar-refractivity contribution in [3.05, 3.63) is 0 Å². The Hall–Kier alpha value is -0.970. The quantitative estimate of drug-likeness (QED) is 0.299. The first-order chi connectivity index (χ1) is 14.1. The first-order valence-electron chi connectivity index (χ1n) is 10.8. The Morgan fingerprint density at radius 2 is 1.84 bits per heavy atom. The Morgan fingerprint density at radius 1 is 1.26 bits per heavy atom. The smallest absolute Gasteiger partial charge is 0.244 e. The van der Waals surface area contributed by atoms with Crippen molar-refractivity contribution in [2.24, 2.45) is 22.8 Å². The van der Waals surface area contributed by atoms with Crippen molar-refractivity contribution in [1.29, 1.82) is 0 Å². The van der Waals surface area contributed by atoms with Crippen LogP contribution in [0.4, 0.5) is 0 Å². The Balaban J connectivity index is 3.13. The van der Waals surface area contributed by atoms with Gasteiger partial charge in [0.15, 0.2) is 0 Å². The van der Waals surface area contributed by atoms with Crippen LogP contribution in [0.1, 0.15) is 54.9 Å². The van der Waals surface area contributed by atoms with E-state index >= 15 is 0 Å². The largest absolute Gasteiger partial charge is 0.368 e. The molecule has 1 heterocycles. The van der Waals surface area contributed by atoms with E-state index in [1.807, 2.05) is 48.5 Å². The normalized spacial score (nSPS) is 21.6. The van der Waals surface area contributed by atoms with Crippen LogP contribution in [0, 0.1) is 11.3 Å². The van der Waals surface area contributed by atoms with Gasteiger partial charge in [-0.3, -0.25) is 14.4 Å². The summed E-state index contributed by atoms with van der Waals surface area (Å²) < 4.78 is -0.510. The Bertz CT molecular complexity index is 651. The molecule has 1 aliphatic rings. The Kier molecular flexibility index (Phi) is 10.2. The van der Waals surface area contributed by atoms with E-state index in [4.69, 9.17) is 11.5 Å². The lowest BCUT2D eigenvalue weighted by atomic mass is 9.85. The third-order valence-corrected chi connectivity index (χ3v) is 7.22. The van der Waals surface area contributed by atoms with Gasteiger partial charge < -0.3 is 27.0 Å². The van der Waals surface area contributed by atoms with E-state index in [1.54, 1.807) is 16.7 Å². The summed E-state index contributed by atoms with van der Waals surface area (Å²) in [4.78, 5) is 40.4. The summed E-state index contributed by atoms with van der Waals surface area (Å²) >= 11 is 5.75. The molecule has 1 aliphatic heterocycles. The van der Waals surface area contributed by atoms with E-state index in [2.05, 4.69) is 23.3 Å². The van der Waals surface area contributed by atoms with Gasteiger partial charge in [0.25, 0.3) is 0 Å². The fourth-order valence-electron chi connectivity index (χ4n) is 3.64. The predicted octanol–water partition coefficient (Wildman–Crippen LogP) is 0.944. The molecule has 0 unspecified atom stereocenters. The van der Waals surface area contributed by atoms with E-state index in [9.17, 15) is 14.4 Å². The first-order valence-corrected chi connectivity index (χ1v) is 12.4. The third kappa shape index (κ3) is 7.83. The highest BCUT2D eigenvalue weighted by molar-refractivity contribution is 8.00. The van der Waals surface area contributed by atoms with Crippen LogP contribution in [0.2, 0.25) is 0 Å². The van der Waals surface area contributed by atoms with Gasteiger partial charge in [-0.25, -0.2) is 0 Å². The molecule has 31 heavy (non-hydrogen) atoms. The number of carbonyl (C=O) groups excluding carboxylic acids is 3. The van der Waals surface area contributed by atoms with Crippen molar-refractivity contribution in [3.63, 3.8) is 0 Å². The van der Waals surface area contributed by atoms with E-state index in [0.29, 0.717) is 24.6 Å². The fraction of sp³-hybridized carbons (Fsp3) is 0.857. The molecule has 6 N–H and O–H groups in total. The monoisotopic (exact) mass is 475 g/mol. The van der Waals surface area contributed by atoms with Gasteiger partial charge in [-0.05, 0) is 31.6 Å². The van der Waals surface area contributed by atoms with Gasteiger partial charge in [-0.15, -0.1) is 11.8 Å². The van der Waals surface area contributed by atoms with Crippen molar-refractivity contribution in [2.45, 2.75) is 83.8 Å². The zero-order chi connectivity index (χ0) is 24.1. The summed E-state index contributed by atoms with van der Waals surface area (Å²) in [7, 11) is 0. The molecule has 0 spiro atoms. The van der Waals surface area contributed by atoms with Crippen LogP contribution >= 0.6 is 24.4 Å². The maximum absolute atomic E-state index is 13.6. The van der Waals surface area contributed by atoms with Crippen LogP contribution in [-0.4, -0.2) is 69.7 Å². The molecule has 1 fully saturated rings. The molecule has 1 saturated heterocycles. The Morgan fingerprint density at radius 3 is 2.29 bits per heavy atom. The molecule has 0 aromatic carbocycles. The molecule has 0 aromatic rings. The van der Waals surface area contributed by atoms with Gasteiger partial charge in [0.1, 0.15) is 12.1 Å². The van der Waals surface area contributed by atoms with E-state index in [0.717, 1.165) is 0 Å². The zero-order valence-electron chi connectivity index (χ0n) is 19.9. The maximum Gasteiger partial charge on any atom is 0.244 e. The number of nitrogens with one attached hydrogen (secondary N) is 2. The van der Waals surface area contributed by atoms with Crippen molar-refractivity contribution in [1.82, 2.24) is 15.5 Å². The first kappa shape index (κ1) is 28.1. The molecule has 0 saturated carbocycles. The van der Waals surface area contributed by atoms with Gasteiger partial charge in [0, 0.05) is 23.1 Å². The number of thioether (sulfide) groups is 1. The van der Waals surface area contributed by atoms with Crippen LogP contribution < -0.4 is 22.1 Å². The average molecular weight is 476 g/mol. The highest BCUT2D eigenvalue weighted by Gasteiger charge is 2.50. The molecule has 180 valence electrons. The van der Waals surface area contributed by atoms with Crippen molar-refractivity contribution < 1.29 is 14.4 Å². The molecule has 4 atom stereocenters. The Labute approximate surface area is 196 Å². The topological polar surface area (TPSA) is 131 Å². The number of thiol groups is 1. The third-order valence-electron chi connectivity index (χ3n) is 5.38. The average Bonchev–Trinajstić information content (AvgIpc) is 2.94. The standard InChI is InChI=1S/C21H41N5O3S2/c1-12(2)8-14(17(23)27)25-18(28)16-21(6,7)31-11-26(16)19(29)15(20(3,4)5)24-9-13(22)10-30/h12-16,24,30H,8-11,22H2,1-7H3,(H2,23,27)(H,25,28)/t13-,14+,15-,16-/m1/s1. The lowest BCUT2D eigenvalue weighted by molar-refractivity contribution is -0.143. The summed E-state index contributed by atoms with van der Waals surface area (Å²) in [6.45, 7) is 14.2. The number of primary amides is 1. The number of hydrogen-bond donors (Lipinski definition) is 5. The number of amides is 3. The lowest BCUT2D eigenvalue weighted by Gasteiger charge is -2.37. The minimum absolute atomic E-state index is 0.156. The second kappa shape index (κ2) is 11.2. The zero-order valence-corrected chi connectivity index (χ0v) is 21.6. The van der Waals surface area contributed by atoms with Crippen molar-refractivity contribution in [3.8, 4) is 0 Å². The summed E-state index contributed by atoms with van der Waals surface area (Å²) in [6.07, 6.45) is 0.448. The lowest BCUT2D eigenvalue weighted by Crippen LogP contribution is -2.61. The minimum atomic E-state index is -0.768.